The van der Waals surface area contributed by atoms with Gasteiger partial charge >= 0.3 is 12.1 Å². The van der Waals surface area contributed by atoms with E-state index in [1.54, 1.807) is 0 Å². The summed E-state index contributed by atoms with van der Waals surface area (Å²) in [5.74, 6) is -1.16. The molecule has 0 saturated heterocycles. The van der Waals surface area contributed by atoms with Crippen LogP contribution in [0.1, 0.15) is 16.1 Å². The number of carbonyl (C=O) groups is 1. The van der Waals surface area contributed by atoms with Gasteiger partial charge in [0.15, 0.2) is 0 Å². The van der Waals surface area contributed by atoms with Gasteiger partial charge < -0.3 is 9.67 Å². The molecule has 0 amide bonds. The summed E-state index contributed by atoms with van der Waals surface area (Å²) in [5.41, 5.74) is -0.497. The van der Waals surface area contributed by atoms with Crippen LogP contribution in [0, 0.1) is 0 Å². The van der Waals surface area contributed by atoms with E-state index >= 15 is 0 Å². The van der Waals surface area contributed by atoms with E-state index in [0.717, 1.165) is 12.1 Å². The second kappa shape index (κ2) is 4.73. The van der Waals surface area contributed by atoms with Gasteiger partial charge in [-0.1, -0.05) is 0 Å². The summed E-state index contributed by atoms with van der Waals surface area (Å²) in [6.45, 7) is 0. The van der Waals surface area contributed by atoms with E-state index in [1.807, 2.05) is 0 Å². The molecule has 0 aliphatic carbocycles. The van der Waals surface area contributed by atoms with Gasteiger partial charge in [-0.3, -0.25) is 0 Å². The number of halogens is 4. The van der Waals surface area contributed by atoms with Crippen molar-refractivity contribution >= 4 is 21.9 Å². The number of benzene rings is 1. The Morgan fingerprint density at radius 3 is 2.47 bits per heavy atom. The van der Waals surface area contributed by atoms with E-state index in [2.05, 4.69) is 15.9 Å². The van der Waals surface area contributed by atoms with Crippen molar-refractivity contribution < 1.29 is 23.1 Å². The Labute approximate surface area is 114 Å². The highest BCUT2D eigenvalue weighted by atomic mass is 79.9. The van der Waals surface area contributed by atoms with Crippen LogP contribution in [0.2, 0.25) is 0 Å². The molecule has 0 spiro atoms. The number of nitrogens with zero attached hydrogens (tertiary/aromatic N) is 1. The summed E-state index contributed by atoms with van der Waals surface area (Å²) in [4.78, 5) is 11.0. The largest absolute Gasteiger partial charge is 0.477 e. The van der Waals surface area contributed by atoms with Crippen LogP contribution in [0.15, 0.2) is 41.0 Å². The van der Waals surface area contributed by atoms with Crippen molar-refractivity contribution in [2.75, 3.05) is 0 Å². The smallest absolute Gasteiger partial charge is 0.416 e. The average Bonchev–Trinajstić information content (AvgIpc) is 2.76. The number of carboxylic acids is 1. The molecule has 0 radical (unpaired) electrons. The van der Waals surface area contributed by atoms with Crippen LogP contribution < -0.4 is 0 Å². The van der Waals surface area contributed by atoms with Crippen molar-refractivity contribution in [1.29, 1.82) is 0 Å². The van der Waals surface area contributed by atoms with Crippen LogP contribution in [-0.2, 0) is 6.18 Å². The highest BCUT2D eigenvalue weighted by molar-refractivity contribution is 9.10. The minimum Gasteiger partial charge on any atom is -0.477 e. The third-order valence-corrected chi connectivity index (χ3v) is 3.14. The Hall–Kier alpha value is -1.76. The van der Waals surface area contributed by atoms with Crippen molar-refractivity contribution in [2.45, 2.75) is 6.18 Å². The molecule has 1 N–H and O–H groups in total. The Balaban J connectivity index is 2.53. The predicted molar refractivity (Wildman–Crippen MR) is 65.4 cm³/mol. The Morgan fingerprint density at radius 2 is 1.95 bits per heavy atom. The first-order chi connectivity index (χ1) is 8.80. The number of aromatic carboxylic acids is 1. The van der Waals surface area contributed by atoms with Gasteiger partial charge in [0.2, 0.25) is 0 Å². The van der Waals surface area contributed by atoms with Crippen LogP contribution in [0.3, 0.4) is 0 Å². The molecule has 1 aromatic carbocycles. The molecule has 2 rings (SSSR count). The standard InChI is InChI=1S/C12H7BrF3NO2/c13-8-6-7(12(14,15)16)3-4-9(8)17-5-1-2-10(17)11(18)19/h1-6H,(H,18,19). The number of alkyl halides is 3. The average molecular weight is 334 g/mol. The zero-order valence-electron chi connectivity index (χ0n) is 9.28. The lowest BCUT2D eigenvalue weighted by molar-refractivity contribution is -0.137. The Bertz CT molecular complexity index is 634. The molecular formula is C12H7BrF3NO2. The van der Waals surface area contributed by atoms with E-state index in [9.17, 15) is 18.0 Å². The highest BCUT2D eigenvalue weighted by Gasteiger charge is 2.31. The van der Waals surface area contributed by atoms with Gasteiger partial charge in [-0.15, -0.1) is 0 Å². The molecule has 0 saturated carbocycles. The van der Waals surface area contributed by atoms with Crippen LogP contribution in [0.4, 0.5) is 13.2 Å². The molecular weight excluding hydrogens is 327 g/mol. The molecule has 0 aliphatic heterocycles. The zero-order chi connectivity index (χ0) is 14.2. The van der Waals surface area contributed by atoms with Crippen LogP contribution in [0.25, 0.3) is 5.69 Å². The summed E-state index contributed by atoms with van der Waals surface area (Å²) in [5, 5.41) is 8.97. The fourth-order valence-electron chi connectivity index (χ4n) is 1.64. The zero-order valence-corrected chi connectivity index (χ0v) is 10.9. The first-order valence-electron chi connectivity index (χ1n) is 5.08. The summed E-state index contributed by atoms with van der Waals surface area (Å²) in [6, 6.07) is 5.92. The molecule has 0 unspecified atom stereocenters. The van der Waals surface area contributed by atoms with Crippen LogP contribution >= 0.6 is 15.9 Å². The fourth-order valence-corrected chi connectivity index (χ4v) is 2.21. The summed E-state index contributed by atoms with van der Waals surface area (Å²) < 4.78 is 39.0. The Kier molecular flexibility index (Phi) is 3.40. The molecule has 1 heterocycles. The van der Waals surface area contributed by atoms with Crippen molar-refractivity contribution in [3.63, 3.8) is 0 Å². The second-order valence-electron chi connectivity index (χ2n) is 3.73. The number of hydrogen-bond acceptors (Lipinski definition) is 1. The minimum atomic E-state index is -4.44. The molecule has 0 atom stereocenters. The molecule has 0 aliphatic rings. The molecule has 3 nitrogen and oxygen atoms in total. The number of rotatable bonds is 2. The first kappa shape index (κ1) is 13.7. The van der Waals surface area contributed by atoms with Gasteiger partial charge in [0.1, 0.15) is 5.69 Å². The first-order valence-corrected chi connectivity index (χ1v) is 5.88. The monoisotopic (exact) mass is 333 g/mol. The quantitative estimate of drug-likeness (QED) is 0.903. The number of carboxylic acid groups (broad SMARTS) is 1. The molecule has 0 bridgehead atoms. The second-order valence-corrected chi connectivity index (χ2v) is 4.59. The lowest BCUT2D eigenvalue weighted by Gasteiger charge is -2.12. The lowest BCUT2D eigenvalue weighted by Crippen LogP contribution is -2.08. The Morgan fingerprint density at radius 1 is 1.26 bits per heavy atom. The topological polar surface area (TPSA) is 42.2 Å². The van der Waals surface area contributed by atoms with Crippen molar-refractivity contribution in [3.05, 3.63) is 52.3 Å². The highest BCUT2D eigenvalue weighted by Crippen LogP contribution is 2.33. The van der Waals surface area contributed by atoms with Crippen molar-refractivity contribution in [2.24, 2.45) is 0 Å². The fraction of sp³-hybridized carbons (Fsp3) is 0.0833. The summed E-state index contributed by atoms with van der Waals surface area (Å²) in [6.07, 6.45) is -2.97. The minimum absolute atomic E-state index is 0.0274. The maximum absolute atomic E-state index is 12.5. The third kappa shape index (κ3) is 2.65. The van der Waals surface area contributed by atoms with Gasteiger partial charge in [-0.05, 0) is 46.3 Å². The van der Waals surface area contributed by atoms with Crippen molar-refractivity contribution in [1.82, 2.24) is 4.57 Å². The number of hydrogen-bond donors (Lipinski definition) is 1. The van der Waals surface area contributed by atoms with Gasteiger partial charge in [0, 0.05) is 10.7 Å². The van der Waals surface area contributed by atoms with Crippen molar-refractivity contribution in [3.8, 4) is 5.69 Å². The predicted octanol–water partition coefficient (Wildman–Crippen LogP) is 3.96. The summed E-state index contributed by atoms with van der Waals surface area (Å²) >= 11 is 3.03. The SMILES string of the molecule is O=C(O)c1cccn1-c1ccc(C(F)(F)F)cc1Br. The molecule has 2 aromatic rings. The van der Waals surface area contributed by atoms with Crippen LogP contribution in [0.5, 0.6) is 0 Å². The van der Waals surface area contributed by atoms with Gasteiger partial charge in [-0.2, -0.15) is 13.2 Å². The van der Waals surface area contributed by atoms with Crippen LogP contribution in [-0.4, -0.2) is 15.6 Å². The lowest BCUT2D eigenvalue weighted by atomic mass is 10.2. The van der Waals surface area contributed by atoms with Gasteiger partial charge in [0.25, 0.3) is 0 Å². The summed E-state index contributed by atoms with van der Waals surface area (Å²) in [7, 11) is 0. The van der Waals surface area contributed by atoms with Gasteiger partial charge in [-0.25, -0.2) is 4.79 Å². The van der Waals surface area contributed by atoms with E-state index in [1.165, 1.54) is 29.0 Å². The molecule has 19 heavy (non-hydrogen) atoms. The third-order valence-electron chi connectivity index (χ3n) is 2.50. The van der Waals surface area contributed by atoms with E-state index in [0.29, 0.717) is 5.69 Å². The molecule has 7 heteroatoms. The van der Waals surface area contributed by atoms with Gasteiger partial charge in [0.05, 0.1) is 11.3 Å². The normalized spacial score (nSPS) is 11.6. The molecule has 100 valence electrons. The number of aromatic nitrogens is 1. The van der Waals surface area contributed by atoms with E-state index in [4.69, 9.17) is 5.11 Å². The van der Waals surface area contributed by atoms with E-state index in [-0.39, 0.29) is 10.2 Å². The molecule has 1 aromatic heterocycles. The maximum Gasteiger partial charge on any atom is 0.416 e. The van der Waals surface area contributed by atoms with E-state index < -0.39 is 17.7 Å². The molecule has 0 fully saturated rings. The maximum atomic E-state index is 12.5.